The van der Waals surface area contributed by atoms with Crippen LogP contribution < -0.4 is 11.1 Å². The normalized spacial score (nSPS) is 13.1. The van der Waals surface area contributed by atoms with Crippen LogP contribution in [0.4, 0.5) is 0 Å². The first-order valence-electron chi connectivity index (χ1n) is 4.21. The van der Waals surface area contributed by atoms with Crippen molar-refractivity contribution in [1.29, 1.82) is 0 Å². The molecule has 1 atom stereocenters. The van der Waals surface area contributed by atoms with Crippen LogP contribution in [0.2, 0.25) is 0 Å². The Morgan fingerprint density at radius 3 is 2.77 bits per heavy atom. The molecule has 0 aliphatic rings. The van der Waals surface area contributed by atoms with Gasteiger partial charge in [0.05, 0.1) is 12.4 Å². The fraction of sp³-hybridized carbons (Fsp3) is 0.556. The van der Waals surface area contributed by atoms with Gasteiger partial charge < -0.3 is 11.1 Å². The van der Waals surface area contributed by atoms with Crippen LogP contribution >= 0.6 is 0 Å². The molecule has 0 rings (SSSR count). The average Bonchev–Trinajstić information content (AvgIpc) is 2.05. The van der Waals surface area contributed by atoms with Gasteiger partial charge in [0, 0.05) is 5.70 Å². The summed E-state index contributed by atoms with van der Waals surface area (Å²) >= 11 is 0. The molecule has 74 valence electrons. The van der Waals surface area contributed by atoms with E-state index in [-0.39, 0.29) is 11.8 Å². The van der Waals surface area contributed by atoms with Crippen LogP contribution in [0, 0.1) is 0 Å². The average molecular weight is 183 g/mol. The lowest BCUT2D eigenvalue weighted by Gasteiger charge is -2.11. The van der Waals surface area contributed by atoms with Gasteiger partial charge in [0.25, 0.3) is 0 Å². The summed E-state index contributed by atoms with van der Waals surface area (Å²) in [4.78, 5) is 14.8. The predicted molar refractivity (Wildman–Crippen MR) is 54.6 cm³/mol. The van der Waals surface area contributed by atoms with Crippen molar-refractivity contribution >= 4 is 12.1 Å². The van der Waals surface area contributed by atoms with E-state index in [4.69, 9.17) is 5.73 Å². The molecule has 0 aromatic rings. The Labute approximate surface area is 78.9 Å². The van der Waals surface area contributed by atoms with Crippen LogP contribution in [0.15, 0.2) is 17.3 Å². The molecule has 0 bridgehead atoms. The number of likely N-dealkylation sites (N-methyl/N-ethyl adjacent to an activating group) is 1. The zero-order chi connectivity index (χ0) is 10.3. The van der Waals surface area contributed by atoms with Crippen molar-refractivity contribution < 1.29 is 4.79 Å². The highest BCUT2D eigenvalue weighted by Crippen LogP contribution is 2.06. The SMILES string of the molecule is C=C(CCC(NC)C(C)=O)/N=C\N. The summed E-state index contributed by atoms with van der Waals surface area (Å²) in [7, 11) is 1.76. The molecular weight excluding hydrogens is 166 g/mol. The van der Waals surface area contributed by atoms with Crippen LogP contribution in [0.3, 0.4) is 0 Å². The Balaban J connectivity index is 3.85. The number of hydrogen-bond acceptors (Lipinski definition) is 3. The van der Waals surface area contributed by atoms with Crippen LogP contribution in [0.1, 0.15) is 19.8 Å². The largest absolute Gasteiger partial charge is 0.390 e. The fourth-order valence-corrected chi connectivity index (χ4v) is 1.03. The molecule has 0 aliphatic carbocycles. The lowest BCUT2D eigenvalue weighted by Crippen LogP contribution is -2.32. The summed E-state index contributed by atoms with van der Waals surface area (Å²) in [5.41, 5.74) is 5.79. The molecule has 0 saturated carbocycles. The number of rotatable bonds is 6. The van der Waals surface area contributed by atoms with Crippen LogP contribution in [-0.4, -0.2) is 25.2 Å². The van der Waals surface area contributed by atoms with E-state index in [2.05, 4.69) is 16.9 Å². The highest BCUT2D eigenvalue weighted by Gasteiger charge is 2.10. The minimum atomic E-state index is -0.107. The number of nitrogens with two attached hydrogens (primary N) is 1. The third-order valence-electron chi connectivity index (χ3n) is 1.82. The monoisotopic (exact) mass is 183 g/mol. The number of aliphatic imine (C=N–C) groups is 1. The third-order valence-corrected chi connectivity index (χ3v) is 1.82. The number of nitrogens with zero attached hydrogens (tertiary/aromatic N) is 1. The van der Waals surface area contributed by atoms with Gasteiger partial charge >= 0.3 is 0 Å². The molecule has 0 saturated heterocycles. The smallest absolute Gasteiger partial charge is 0.146 e. The first-order valence-corrected chi connectivity index (χ1v) is 4.21. The maximum Gasteiger partial charge on any atom is 0.146 e. The molecule has 1 unspecified atom stereocenters. The maximum absolute atomic E-state index is 11.0. The first-order chi connectivity index (χ1) is 6.11. The summed E-state index contributed by atoms with van der Waals surface area (Å²) < 4.78 is 0. The second kappa shape index (κ2) is 6.37. The van der Waals surface area contributed by atoms with Crippen LogP contribution in [0.5, 0.6) is 0 Å². The van der Waals surface area contributed by atoms with Crippen molar-refractivity contribution in [2.45, 2.75) is 25.8 Å². The second-order valence-electron chi connectivity index (χ2n) is 2.83. The van der Waals surface area contributed by atoms with Crippen molar-refractivity contribution in [1.82, 2.24) is 5.32 Å². The fourth-order valence-electron chi connectivity index (χ4n) is 1.03. The van der Waals surface area contributed by atoms with E-state index in [0.29, 0.717) is 18.5 Å². The Hall–Kier alpha value is -1.16. The van der Waals surface area contributed by atoms with Crippen molar-refractivity contribution in [2.24, 2.45) is 10.7 Å². The number of allylic oxidation sites excluding steroid dienone is 1. The van der Waals surface area contributed by atoms with E-state index in [9.17, 15) is 4.79 Å². The molecule has 0 aromatic heterocycles. The molecule has 4 nitrogen and oxygen atoms in total. The molecule has 0 heterocycles. The standard InChI is InChI=1S/C9H17N3O/c1-7(12-6-10)4-5-9(11-3)8(2)13/h6,9,11H,1,4-5H2,2-3H3,(H2,10,12). The van der Waals surface area contributed by atoms with E-state index >= 15 is 0 Å². The van der Waals surface area contributed by atoms with Crippen molar-refractivity contribution in [2.75, 3.05) is 7.05 Å². The number of carbonyl (C=O) groups is 1. The molecule has 0 aromatic carbocycles. The second-order valence-corrected chi connectivity index (χ2v) is 2.83. The van der Waals surface area contributed by atoms with Gasteiger partial charge in [-0.1, -0.05) is 6.58 Å². The topological polar surface area (TPSA) is 67.5 Å². The van der Waals surface area contributed by atoms with Gasteiger partial charge in [0.2, 0.25) is 0 Å². The predicted octanol–water partition coefficient (Wildman–Crippen LogP) is 0.444. The minimum absolute atomic E-state index is 0.107. The number of Topliss-reactive ketones (excluding diaryl/α,β-unsaturated/α-hetero) is 1. The van der Waals surface area contributed by atoms with Gasteiger partial charge in [-0.05, 0) is 26.8 Å². The summed E-state index contributed by atoms with van der Waals surface area (Å²) in [5.74, 6) is 0.132. The molecule has 3 N–H and O–H groups in total. The zero-order valence-electron chi connectivity index (χ0n) is 8.21. The Bertz CT molecular complexity index is 211. The first kappa shape index (κ1) is 11.8. The van der Waals surface area contributed by atoms with E-state index in [1.165, 1.54) is 6.34 Å². The van der Waals surface area contributed by atoms with E-state index in [1.54, 1.807) is 14.0 Å². The van der Waals surface area contributed by atoms with E-state index in [0.717, 1.165) is 0 Å². The summed E-state index contributed by atoms with van der Waals surface area (Å²) in [6.45, 7) is 5.26. The lowest BCUT2D eigenvalue weighted by molar-refractivity contribution is -0.119. The molecule has 0 spiro atoms. The zero-order valence-corrected chi connectivity index (χ0v) is 8.21. The Kier molecular flexibility index (Phi) is 5.80. The van der Waals surface area contributed by atoms with E-state index < -0.39 is 0 Å². The van der Waals surface area contributed by atoms with Gasteiger partial charge in [-0.15, -0.1) is 0 Å². The Morgan fingerprint density at radius 2 is 2.38 bits per heavy atom. The van der Waals surface area contributed by atoms with E-state index in [1.807, 2.05) is 0 Å². The summed E-state index contributed by atoms with van der Waals surface area (Å²) in [6, 6.07) is -0.107. The molecule has 0 radical (unpaired) electrons. The summed E-state index contributed by atoms with van der Waals surface area (Å²) in [6.07, 6.45) is 2.60. The minimum Gasteiger partial charge on any atom is -0.390 e. The highest BCUT2D eigenvalue weighted by atomic mass is 16.1. The number of ketones is 1. The van der Waals surface area contributed by atoms with Crippen molar-refractivity contribution in [3.8, 4) is 0 Å². The number of nitrogens with one attached hydrogen (secondary N) is 1. The third kappa shape index (κ3) is 5.14. The molecule has 13 heavy (non-hydrogen) atoms. The van der Waals surface area contributed by atoms with Gasteiger partial charge in [0.15, 0.2) is 0 Å². The Morgan fingerprint density at radius 1 is 1.77 bits per heavy atom. The van der Waals surface area contributed by atoms with Gasteiger partial charge in [-0.25, -0.2) is 4.99 Å². The van der Waals surface area contributed by atoms with Crippen molar-refractivity contribution in [3.63, 3.8) is 0 Å². The maximum atomic E-state index is 11.0. The molecule has 4 heteroatoms. The number of hydrogen-bond donors (Lipinski definition) is 2. The van der Waals surface area contributed by atoms with Gasteiger partial charge in [-0.2, -0.15) is 0 Å². The molecular formula is C9H17N3O. The van der Waals surface area contributed by atoms with Crippen LogP contribution in [0.25, 0.3) is 0 Å². The highest BCUT2D eigenvalue weighted by molar-refractivity contribution is 5.81. The van der Waals surface area contributed by atoms with Crippen molar-refractivity contribution in [3.05, 3.63) is 12.3 Å². The molecule has 0 aliphatic heterocycles. The number of carbonyl (C=O) groups excluding carboxylic acids is 1. The lowest BCUT2D eigenvalue weighted by atomic mass is 10.1. The summed E-state index contributed by atoms with van der Waals surface area (Å²) in [5, 5.41) is 2.93. The quantitative estimate of drug-likeness (QED) is 0.464. The van der Waals surface area contributed by atoms with Crippen LogP contribution in [-0.2, 0) is 4.79 Å². The van der Waals surface area contributed by atoms with Gasteiger partial charge in [0.1, 0.15) is 5.78 Å². The van der Waals surface area contributed by atoms with Gasteiger partial charge in [-0.3, -0.25) is 4.79 Å². The molecule has 0 amide bonds. The molecule has 0 fully saturated rings.